The summed E-state index contributed by atoms with van der Waals surface area (Å²) in [6, 6.07) is 15.0. The Kier molecular flexibility index (Phi) is 6.73. The van der Waals surface area contributed by atoms with Gasteiger partial charge in [0.2, 0.25) is 6.17 Å². The van der Waals surface area contributed by atoms with Crippen LogP contribution in [0.4, 0.5) is 16.2 Å². The van der Waals surface area contributed by atoms with Crippen LogP contribution in [0.15, 0.2) is 53.5 Å². The molecule has 4 rings (SSSR count). The van der Waals surface area contributed by atoms with Gasteiger partial charge in [-0.3, -0.25) is 4.79 Å². The number of nitrogens with zero attached hydrogens (tertiary/aromatic N) is 3. The number of para-hydroxylation sites is 1. The Labute approximate surface area is 189 Å². The maximum Gasteiger partial charge on any atom is 0.321 e. The van der Waals surface area contributed by atoms with Crippen LogP contribution in [0, 0.1) is 6.92 Å². The van der Waals surface area contributed by atoms with Crippen molar-refractivity contribution < 1.29 is 9.59 Å². The average Bonchev–Trinajstić information content (AvgIpc) is 3.11. The number of likely N-dealkylation sites (N-methyl/N-ethyl adjacent to an activating group) is 1. The lowest BCUT2D eigenvalue weighted by molar-refractivity contribution is -0.120. The Bertz CT molecular complexity index is 1010. The molecule has 32 heavy (non-hydrogen) atoms. The number of carbonyl (C=O) groups is 2. The van der Waals surface area contributed by atoms with E-state index in [1.54, 1.807) is 4.90 Å². The number of carbonyl (C=O) groups excluding carboxylic acids is 2. The van der Waals surface area contributed by atoms with Gasteiger partial charge in [-0.1, -0.05) is 37.1 Å². The first-order chi connectivity index (χ1) is 15.6. The zero-order valence-corrected chi connectivity index (χ0v) is 18.8. The van der Waals surface area contributed by atoms with Crippen LogP contribution in [0.2, 0.25) is 0 Å². The Hall–Kier alpha value is -3.35. The molecule has 0 saturated carbocycles. The molecule has 2 aromatic rings. The molecule has 1 fully saturated rings. The fraction of sp³-hybridized carbons (Fsp3) is 0.400. The van der Waals surface area contributed by atoms with Crippen molar-refractivity contribution in [2.24, 2.45) is 4.99 Å². The molecule has 2 heterocycles. The number of urea groups is 1. The number of benzene rings is 2. The molecule has 168 valence electrons. The number of likely N-dealkylation sites (tertiary alicyclic amines) is 1. The number of hydrogen-bond donors (Lipinski definition) is 2. The van der Waals surface area contributed by atoms with Crippen molar-refractivity contribution in [1.82, 2.24) is 10.2 Å². The molecule has 7 nitrogen and oxygen atoms in total. The minimum Gasteiger partial charge on any atom is -0.356 e. The fourth-order valence-corrected chi connectivity index (χ4v) is 4.38. The summed E-state index contributed by atoms with van der Waals surface area (Å²) >= 11 is 0. The predicted octanol–water partition coefficient (Wildman–Crippen LogP) is 4.13. The van der Waals surface area contributed by atoms with Gasteiger partial charge in [0.25, 0.3) is 5.91 Å². The summed E-state index contributed by atoms with van der Waals surface area (Å²) in [4.78, 5) is 35.0. The normalized spacial score (nSPS) is 18.9. The van der Waals surface area contributed by atoms with E-state index in [0.717, 1.165) is 48.6 Å². The highest BCUT2D eigenvalue weighted by molar-refractivity contribution is 6.12. The highest BCUT2D eigenvalue weighted by Gasteiger charge is 2.33. The van der Waals surface area contributed by atoms with Gasteiger partial charge in [0.1, 0.15) is 5.84 Å². The molecule has 0 spiro atoms. The van der Waals surface area contributed by atoms with Crippen LogP contribution >= 0.6 is 0 Å². The van der Waals surface area contributed by atoms with E-state index < -0.39 is 12.2 Å². The summed E-state index contributed by atoms with van der Waals surface area (Å²) in [7, 11) is 0. The monoisotopic (exact) mass is 433 g/mol. The van der Waals surface area contributed by atoms with Gasteiger partial charge in [0.15, 0.2) is 0 Å². The van der Waals surface area contributed by atoms with E-state index in [1.165, 1.54) is 12.8 Å². The molecule has 2 aromatic carbocycles. The lowest BCUT2D eigenvalue weighted by Gasteiger charge is -2.26. The second-order valence-corrected chi connectivity index (χ2v) is 8.32. The largest absolute Gasteiger partial charge is 0.356 e. The zero-order valence-electron chi connectivity index (χ0n) is 18.8. The average molecular weight is 434 g/mol. The standard InChI is InChI=1S/C25H31N5O2/c1-3-30-21-14-7-6-13-20(21)23(29-15-8-4-5-9-16-29)27-22(24(30)31)28-25(32)26-19-12-10-11-18(2)17-19/h6-7,10-14,17,22H,3-5,8-9,15-16H2,1-2H3,(H2,26,28,32)/t22-/m0/s1. The number of anilines is 2. The molecular weight excluding hydrogens is 402 g/mol. The topological polar surface area (TPSA) is 77.0 Å². The van der Waals surface area contributed by atoms with Crippen molar-refractivity contribution in [1.29, 1.82) is 0 Å². The molecule has 0 unspecified atom stereocenters. The van der Waals surface area contributed by atoms with Crippen molar-refractivity contribution in [3.05, 3.63) is 59.7 Å². The summed E-state index contributed by atoms with van der Waals surface area (Å²) in [5, 5.41) is 5.63. The molecule has 1 saturated heterocycles. The van der Waals surface area contributed by atoms with E-state index in [9.17, 15) is 9.59 Å². The van der Waals surface area contributed by atoms with Gasteiger partial charge in [-0.05, 0) is 56.5 Å². The SMILES string of the molecule is CCN1C(=O)[C@H](NC(=O)Nc2cccc(C)c2)N=C(N2CCCCCC2)c2ccccc21. The number of rotatable bonds is 3. The second kappa shape index (κ2) is 9.85. The Morgan fingerprint density at radius 3 is 2.53 bits per heavy atom. The summed E-state index contributed by atoms with van der Waals surface area (Å²) in [5.41, 5.74) is 3.50. The minimum atomic E-state index is -0.995. The summed E-state index contributed by atoms with van der Waals surface area (Å²) in [6.07, 6.45) is 3.60. The van der Waals surface area contributed by atoms with Crippen molar-refractivity contribution in [2.45, 2.75) is 45.7 Å². The molecule has 2 aliphatic rings. The summed E-state index contributed by atoms with van der Waals surface area (Å²) in [6.45, 7) is 6.20. The molecule has 0 bridgehead atoms. The maximum atomic E-state index is 13.4. The first kappa shape index (κ1) is 21.9. The molecule has 1 atom stereocenters. The zero-order chi connectivity index (χ0) is 22.5. The lowest BCUT2D eigenvalue weighted by Crippen LogP contribution is -2.48. The number of amides is 3. The smallest absolute Gasteiger partial charge is 0.321 e. The third-order valence-electron chi connectivity index (χ3n) is 5.95. The second-order valence-electron chi connectivity index (χ2n) is 8.32. The van der Waals surface area contributed by atoms with Crippen LogP contribution in [0.5, 0.6) is 0 Å². The van der Waals surface area contributed by atoms with Crippen LogP contribution in [0.1, 0.15) is 43.7 Å². The fourth-order valence-electron chi connectivity index (χ4n) is 4.38. The Morgan fingerprint density at radius 2 is 1.81 bits per heavy atom. The quantitative estimate of drug-likeness (QED) is 0.764. The van der Waals surface area contributed by atoms with Gasteiger partial charge in [-0.25, -0.2) is 9.79 Å². The minimum absolute atomic E-state index is 0.232. The van der Waals surface area contributed by atoms with E-state index in [0.29, 0.717) is 12.2 Å². The van der Waals surface area contributed by atoms with Gasteiger partial charge in [-0.2, -0.15) is 0 Å². The maximum absolute atomic E-state index is 13.4. The third kappa shape index (κ3) is 4.77. The number of fused-ring (bicyclic) bond motifs is 1. The van der Waals surface area contributed by atoms with E-state index in [2.05, 4.69) is 15.5 Å². The molecular formula is C25H31N5O2. The number of aryl methyl sites for hydroxylation is 1. The number of hydrogen-bond acceptors (Lipinski definition) is 4. The number of aliphatic imine (C=N–C) groups is 1. The van der Waals surface area contributed by atoms with Crippen LogP contribution in [0.25, 0.3) is 0 Å². The van der Waals surface area contributed by atoms with Gasteiger partial charge in [0.05, 0.1) is 5.69 Å². The van der Waals surface area contributed by atoms with Crippen LogP contribution in [-0.4, -0.2) is 48.5 Å². The van der Waals surface area contributed by atoms with Gasteiger partial charge < -0.3 is 20.4 Å². The van der Waals surface area contributed by atoms with Crippen LogP contribution < -0.4 is 15.5 Å². The predicted molar refractivity (Wildman–Crippen MR) is 128 cm³/mol. The van der Waals surface area contributed by atoms with Crippen molar-refractivity contribution >= 4 is 29.1 Å². The first-order valence-electron chi connectivity index (χ1n) is 11.4. The van der Waals surface area contributed by atoms with Crippen LogP contribution in [0.3, 0.4) is 0 Å². The number of amidine groups is 1. The molecule has 7 heteroatoms. The van der Waals surface area contributed by atoms with Gasteiger partial charge in [0, 0.05) is 30.9 Å². The summed E-state index contributed by atoms with van der Waals surface area (Å²) in [5.74, 6) is 0.553. The van der Waals surface area contributed by atoms with Crippen molar-refractivity contribution in [3.8, 4) is 0 Å². The highest BCUT2D eigenvalue weighted by Crippen LogP contribution is 2.28. The van der Waals surface area contributed by atoms with E-state index in [4.69, 9.17) is 4.99 Å². The first-order valence-corrected chi connectivity index (χ1v) is 11.4. The molecule has 3 amide bonds. The molecule has 2 N–H and O–H groups in total. The highest BCUT2D eigenvalue weighted by atomic mass is 16.2. The lowest BCUT2D eigenvalue weighted by atomic mass is 10.1. The molecule has 0 aliphatic carbocycles. The third-order valence-corrected chi connectivity index (χ3v) is 5.95. The van der Waals surface area contributed by atoms with E-state index in [1.807, 2.05) is 62.4 Å². The Balaban J connectivity index is 1.66. The van der Waals surface area contributed by atoms with Crippen molar-refractivity contribution in [3.63, 3.8) is 0 Å². The molecule has 2 aliphatic heterocycles. The van der Waals surface area contributed by atoms with Crippen molar-refractivity contribution in [2.75, 3.05) is 29.9 Å². The molecule has 0 aromatic heterocycles. The van der Waals surface area contributed by atoms with Gasteiger partial charge in [-0.15, -0.1) is 0 Å². The van der Waals surface area contributed by atoms with E-state index in [-0.39, 0.29) is 5.91 Å². The van der Waals surface area contributed by atoms with E-state index >= 15 is 0 Å². The Morgan fingerprint density at radius 1 is 1.06 bits per heavy atom. The number of nitrogens with one attached hydrogen (secondary N) is 2. The molecule has 0 radical (unpaired) electrons. The van der Waals surface area contributed by atoms with Gasteiger partial charge >= 0.3 is 6.03 Å². The summed E-state index contributed by atoms with van der Waals surface area (Å²) < 4.78 is 0. The van der Waals surface area contributed by atoms with Crippen LogP contribution in [-0.2, 0) is 4.79 Å². The number of benzodiazepines with no additional fused rings is 1.